The lowest BCUT2D eigenvalue weighted by Gasteiger charge is -2.25. The van der Waals surface area contributed by atoms with Gasteiger partial charge in [0, 0.05) is 29.4 Å². The van der Waals surface area contributed by atoms with Crippen LogP contribution in [-0.4, -0.2) is 10.5 Å². The molecule has 1 aliphatic carbocycles. The maximum atomic E-state index is 11.6. The predicted octanol–water partition coefficient (Wildman–Crippen LogP) is 5.28. The lowest BCUT2D eigenvalue weighted by atomic mass is 9.93. The number of nitrogens with zero attached hydrogens (tertiary/aromatic N) is 1. The van der Waals surface area contributed by atoms with Gasteiger partial charge in [-0.1, -0.05) is 41.9 Å². The van der Waals surface area contributed by atoms with Gasteiger partial charge in [0.15, 0.2) is 0 Å². The second kappa shape index (κ2) is 6.57. The molecule has 0 aliphatic heterocycles. The fourth-order valence-corrected chi connectivity index (χ4v) is 4.01. The highest BCUT2D eigenvalue weighted by molar-refractivity contribution is 6.30. The van der Waals surface area contributed by atoms with E-state index in [1.807, 2.05) is 24.3 Å². The van der Waals surface area contributed by atoms with E-state index in [1.165, 1.54) is 29.0 Å². The molecule has 1 aliphatic rings. The first-order valence-corrected chi connectivity index (χ1v) is 9.03. The first kappa shape index (κ1) is 16.2. The molecule has 0 radical (unpaired) electrons. The minimum atomic E-state index is -0.221. The molecular formula is C21H20ClNO2. The standard InChI is InChI=1S/C21H20ClNO2/c1-14(24)25-20-8-4-6-18-17-5-2-3-7-19(17)23(21(18)20)13-15-9-11-16(22)12-10-15/h2-3,5,7,9-12,20H,4,6,8,13H2,1H3. The van der Waals surface area contributed by atoms with Crippen LogP contribution in [0.3, 0.4) is 0 Å². The molecule has 1 atom stereocenters. The molecule has 1 unspecified atom stereocenters. The summed E-state index contributed by atoms with van der Waals surface area (Å²) < 4.78 is 7.97. The number of hydrogen-bond donors (Lipinski definition) is 0. The Morgan fingerprint density at radius 3 is 2.72 bits per heavy atom. The van der Waals surface area contributed by atoms with Crippen molar-refractivity contribution in [1.29, 1.82) is 0 Å². The van der Waals surface area contributed by atoms with Crippen LogP contribution >= 0.6 is 11.6 Å². The highest BCUT2D eigenvalue weighted by Gasteiger charge is 2.29. The summed E-state index contributed by atoms with van der Waals surface area (Å²) in [5.41, 5.74) is 4.85. The van der Waals surface area contributed by atoms with E-state index in [0.29, 0.717) is 0 Å². The largest absolute Gasteiger partial charge is 0.456 e. The van der Waals surface area contributed by atoms with Gasteiger partial charge in [-0.25, -0.2) is 0 Å². The SMILES string of the molecule is CC(=O)OC1CCCc2c1n(Cc1ccc(Cl)cc1)c1ccccc21. The van der Waals surface area contributed by atoms with Gasteiger partial charge >= 0.3 is 5.97 Å². The number of ether oxygens (including phenoxy) is 1. The zero-order valence-corrected chi connectivity index (χ0v) is 14.9. The van der Waals surface area contributed by atoms with E-state index in [0.717, 1.165) is 36.5 Å². The molecule has 1 heterocycles. The van der Waals surface area contributed by atoms with Crippen LogP contribution in [0.25, 0.3) is 10.9 Å². The van der Waals surface area contributed by atoms with E-state index in [2.05, 4.69) is 28.8 Å². The highest BCUT2D eigenvalue weighted by Crippen LogP contribution is 2.39. The molecule has 3 nitrogen and oxygen atoms in total. The van der Waals surface area contributed by atoms with E-state index in [1.54, 1.807) is 0 Å². The molecule has 0 saturated heterocycles. The van der Waals surface area contributed by atoms with Crippen molar-refractivity contribution in [2.24, 2.45) is 0 Å². The summed E-state index contributed by atoms with van der Waals surface area (Å²) in [6.07, 6.45) is 2.78. The van der Waals surface area contributed by atoms with Crippen LogP contribution in [-0.2, 0) is 22.5 Å². The number of carbonyl (C=O) groups is 1. The van der Waals surface area contributed by atoms with Gasteiger partial charge < -0.3 is 9.30 Å². The van der Waals surface area contributed by atoms with Gasteiger partial charge in [0.2, 0.25) is 0 Å². The van der Waals surface area contributed by atoms with Crippen LogP contribution < -0.4 is 0 Å². The van der Waals surface area contributed by atoms with Gasteiger partial charge in [-0.15, -0.1) is 0 Å². The third-order valence-electron chi connectivity index (χ3n) is 4.88. The minimum absolute atomic E-state index is 0.166. The van der Waals surface area contributed by atoms with Gasteiger partial charge in [0.1, 0.15) is 6.10 Å². The van der Waals surface area contributed by atoms with Crippen molar-refractivity contribution in [1.82, 2.24) is 4.57 Å². The first-order valence-electron chi connectivity index (χ1n) is 8.65. The summed E-state index contributed by atoms with van der Waals surface area (Å²) in [4.78, 5) is 11.6. The van der Waals surface area contributed by atoms with E-state index in [-0.39, 0.29) is 12.1 Å². The Hall–Kier alpha value is -2.26. The molecule has 0 spiro atoms. The number of benzene rings is 2. The summed E-state index contributed by atoms with van der Waals surface area (Å²) in [7, 11) is 0. The quantitative estimate of drug-likeness (QED) is 0.599. The summed E-state index contributed by atoms with van der Waals surface area (Å²) in [5.74, 6) is -0.221. The number of aromatic nitrogens is 1. The maximum absolute atomic E-state index is 11.6. The molecule has 128 valence electrons. The Morgan fingerprint density at radius 1 is 1.20 bits per heavy atom. The lowest BCUT2D eigenvalue weighted by molar-refractivity contribution is -0.147. The minimum Gasteiger partial charge on any atom is -0.456 e. The van der Waals surface area contributed by atoms with Crippen LogP contribution in [0.15, 0.2) is 48.5 Å². The number of carbonyl (C=O) groups excluding carboxylic acids is 1. The molecule has 4 rings (SSSR count). The fourth-order valence-electron chi connectivity index (χ4n) is 3.88. The van der Waals surface area contributed by atoms with E-state index in [4.69, 9.17) is 16.3 Å². The fraction of sp³-hybridized carbons (Fsp3) is 0.286. The van der Waals surface area contributed by atoms with Crippen LogP contribution in [0.1, 0.15) is 42.7 Å². The maximum Gasteiger partial charge on any atom is 0.303 e. The van der Waals surface area contributed by atoms with Gasteiger partial charge in [-0.2, -0.15) is 0 Å². The van der Waals surface area contributed by atoms with Crippen LogP contribution in [0, 0.1) is 0 Å². The number of hydrogen-bond acceptors (Lipinski definition) is 2. The Bertz CT molecular complexity index is 927. The number of fused-ring (bicyclic) bond motifs is 3. The van der Waals surface area contributed by atoms with Crippen molar-refractivity contribution < 1.29 is 9.53 Å². The normalized spacial score (nSPS) is 16.6. The molecular weight excluding hydrogens is 334 g/mol. The molecule has 0 fully saturated rings. The van der Waals surface area contributed by atoms with Crippen molar-refractivity contribution >= 4 is 28.5 Å². The van der Waals surface area contributed by atoms with Crippen LogP contribution in [0.5, 0.6) is 0 Å². The molecule has 0 N–H and O–H groups in total. The average molecular weight is 354 g/mol. The molecule has 4 heteroatoms. The Balaban J connectivity index is 1.86. The van der Waals surface area contributed by atoms with Gasteiger partial charge in [-0.3, -0.25) is 4.79 Å². The van der Waals surface area contributed by atoms with Gasteiger partial charge in [0.05, 0.1) is 5.69 Å². The average Bonchev–Trinajstić information content (AvgIpc) is 2.92. The second-order valence-corrected chi connectivity index (χ2v) is 7.02. The third-order valence-corrected chi connectivity index (χ3v) is 5.13. The van der Waals surface area contributed by atoms with Crippen LogP contribution in [0.4, 0.5) is 0 Å². The summed E-state index contributed by atoms with van der Waals surface area (Å²) in [6, 6.07) is 16.4. The smallest absolute Gasteiger partial charge is 0.303 e. The molecule has 1 aromatic heterocycles. The third kappa shape index (κ3) is 3.05. The van der Waals surface area contributed by atoms with Gasteiger partial charge in [0.25, 0.3) is 0 Å². The van der Waals surface area contributed by atoms with Crippen molar-refractivity contribution in [3.63, 3.8) is 0 Å². The molecule has 3 aromatic rings. The monoisotopic (exact) mass is 353 g/mol. The molecule has 0 bridgehead atoms. The number of para-hydroxylation sites is 1. The van der Waals surface area contributed by atoms with Crippen molar-refractivity contribution in [3.05, 3.63) is 70.4 Å². The Morgan fingerprint density at radius 2 is 1.96 bits per heavy atom. The molecule has 0 saturated carbocycles. The van der Waals surface area contributed by atoms with Crippen molar-refractivity contribution in [2.75, 3.05) is 0 Å². The molecule has 0 amide bonds. The number of rotatable bonds is 3. The summed E-state index contributed by atoms with van der Waals surface area (Å²) >= 11 is 6.02. The molecule has 25 heavy (non-hydrogen) atoms. The second-order valence-electron chi connectivity index (χ2n) is 6.58. The van der Waals surface area contributed by atoms with Gasteiger partial charge in [-0.05, 0) is 48.6 Å². The van der Waals surface area contributed by atoms with Crippen molar-refractivity contribution in [2.45, 2.75) is 38.8 Å². The first-order chi connectivity index (χ1) is 12.1. The summed E-state index contributed by atoms with van der Waals surface area (Å²) in [5, 5.41) is 2.00. The zero-order chi connectivity index (χ0) is 17.4. The lowest BCUT2D eigenvalue weighted by Crippen LogP contribution is -2.19. The van der Waals surface area contributed by atoms with E-state index < -0.39 is 0 Å². The number of aryl methyl sites for hydroxylation is 1. The Kier molecular flexibility index (Phi) is 4.26. The number of halogens is 1. The topological polar surface area (TPSA) is 31.2 Å². The predicted molar refractivity (Wildman–Crippen MR) is 99.9 cm³/mol. The van der Waals surface area contributed by atoms with E-state index in [9.17, 15) is 4.79 Å². The van der Waals surface area contributed by atoms with E-state index >= 15 is 0 Å². The highest BCUT2D eigenvalue weighted by atomic mass is 35.5. The summed E-state index contributed by atoms with van der Waals surface area (Å²) in [6.45, 7) is 2.23. The molecule has 2 aromatic carbocycles. The Labute approximate surface area is 152 Å². The van der Waals surface area contributed by atoms with Crippen LogP contribution in [0.2, 0.25) is 5.02 Å². The number of esters is 1. The van der Waals surface area contributed by atoms with Crippen molar-refractivity contribution in [3.8, 4) is 0 Å². The zero-order valence-electron chi connectivity index (χ0n) is 14.2.